The molecule has 0 amide bonds. The van der Waals surface area contributed by atoms with Gasteiger partial charge in [-0.05, 0) is 13.8 Å². The highest BCUT2D eigenvalue weighted by Crippen LogP contribution is 2.10. The van der Waals surface area contributed by atoms with E-state index in [0.717, 1.165) is 22.8 Å². The van der Waals surface area contributed by atoms with E-state index in [1.54, 1.807) is 0 Å². The van der Waals surface area contributed by atoms with Crippen LogP contribution in [0.25, 0.3) is 0 Å². The van der Waals surface area contributed by atoms with Gasteiger partial charge in [0.05, 0.1) is 68.3 Å². The van der Waals surface area contributed by atoms with E-state index in [-0.39, 0.29) is 0 Å². The number of quaternary nitrogens is 2. The van der Waals surface area contributed by atoms with Crippen molar-refractivity contribution in [3.8, 4) is 0 Å². The van der Waals surface area contributed by atoms with Gasteiger partial charge in [-0.2, -0.15) is 0 Å². The molecule has 0 fully saturated rings. The lowest BCUT2D eigenvalue weighted by Gasteiger charge is -2.26. The van der Waals surface area contributed by atoms with Crippen LogP contribution in [0.1, 0.15) is 13.8 Å². The van der Waals surface area contributed by atoms with Crippen LogP contribution in [0.5, 0.6) is 0 Å². The monoisotopic (exact) mass is 278 g/mol. The number of carboxylic acid groups (broad SMARTS) is 2. The van der Waals surface area contributed by atoms with Crippen molar-refractivity contribution in [2.75, 3.05) is 56.4 Å². The fraction of sp³-hybridized carbons (Fsp3) is 0.846. The lowest BCUT2D eigenvalue weighted by molar-refractivity contribution is -0.849. The molecule has 0 heterocycles. The van der Waals surface area contributed by atoms with Crippen molar-refractivity contribution in [2.24, 2.45) is 5.41 Å². The molecule has 0 aliphatic heterocycles. The standard InChI is InChI=1S/C5H8O4.2C4H12N/c1-5(2,3(6)7)4(8)9;2*1-5(2,3)4/h1-2H3,(H,6,7)(H,8,9);2*1-4H3/q;2*+1/p-2. The van der Waals surface area contributed by atoms with Gasteiger partial charge in [0.1, 0.15) is 0 Å². The second-order valence-corrected chi connectivity index (χ2v) is 7.57. The van der Waals surface area contributed by atoms with Crippen LogP contribution in [0.4, 0.5) is 0 Å². The molecule has 0 radical (unpaired) electrons. The van der Waals surface area contributed by atoms with E-state index in [4.69, 9.17) is 0 Å². The van der Waals surface area contributed by atoms with Crippen molar-refractivity contribution in [1.29, 1.82) is 0 Å². The van der Waals surface area contributed by atoms with E-state index >= 15 is 0 Å². The summed E-state index contributed by atoms with van der Waals surface area (Å²) in [5.41, 5.74) is -1.89. The van der Waals surface area contributed by atoms with E-state index in [9.17, 15) is 19.8 Å². The SMILES string of the molecule is CC(C)(C(=O)[O-])C(=O)[O-].C[N+](C)(C)C.C[N+](C)(C)C. The molecule has 0 aliphatic carbocycles. The zero-order chi connectivity index (χ0) is 16.7. The Hall–Kier alpha value is -1.14. The first kappa shape index (κ1) is 23.0. The second kappa shape index (κ2) is 8.12. The third-order valence-electron chi connectivity index (χ3n) is 1.02. The number of carbonyl (C=O) groups is 2. The molecule has 0 spiro atoms. The maximum atomic E-state index is 9.93. The van der Waals surface area contributed by atoms with Gasteiger partial charge in [-0.3, -0.25) is 0 Å². The molecule has 0 atom stereocenters. The van der Waals surface area contributed by atoms with Crippen molar-refractivity contribution in [3.05, 3.63) is 0 Å². The van der Waals surface area contributed by atoms with Gasteiger partial charge in [-0.25, -0.2) is 0 Å². The molecule has 0 aromatic carbocycles. The fourth-order valence-electron chi connectivity index (χ4n) is 0.0833. The highest BCUT2D eigenvalue weighted by molar-refractivity contribution is 5.94. The van der Waals surface area contributed by atoms with Gasteiger partial charge in [0.15, 0.2) is 0 Å². The molecule has 0 aliphatic rings. The predicted octanol–water partition coefficient (Wildman–Crippen LogP) is -1.84. The predicted molar refractivity (Wildman–Crippen MR) is 71.7 cm³/mol. The zero-order valence-electron chi connectivity index (χ0n) is 14.0. The van der Waals surface area contributed by atoms with Gasteiger partial charge in [-0.1, -0.05) is 0 Å². The lowest BCUT2D eigenvalue weighted by atomic mass is 9.95. The molecule has 0 saturated carbocycles. The fourth-order valence-corrected chi connectivity index (χ4v) is 0.0833. The van der Waals surface area contributed by atoms with E-state index in [1.807, 2.05) is 0 Å². The summed E-state index contributed by atoms with van der Waals surface area (Å²) in [6, 6.07) is 0. The third-order valence-corrected chi connectivity index (χ3v) is 1.02. The Kier molecular flexibility index (Phi) is 9.82. The van der Waals surface area contributed by atoms with Crippen LogP contribution in [-0.2, 0) is 9.59 Å². The molecule has 0 bridgehead atoms. The molecule has 0 aromatic rings. The highest BCUT2D eigenvalue weighted by Gasteiger charge is 2.20. The summed E-state index contributed by atoms with van der Waals surface area (Å²) < 4.78 is 2.00. The maximum absolute atomic E-state index is 9.93. The number of aliphatic carboxylic acids is 2. The van der Waals surface area contributed by atoms with E-state index in [0.29, 0.717) is 0 Å². The third kappa shape index (κ3) is 31.6. The molecule has 0 N–H and O–H groups in total. The van der Waals surface area contributed by atoms with Gasteiger partial charge >= 0.3 is 0 Å². The van der Waals surface area contributed by atoms with E-state index in [2.05, 4.69) is 56.4 Å². The highest BCUT2D eigenvalue weighted by atomic mass is 16.4. The summed E-state index contributed by atoms with van der Waals surface area (Å²) >= 11 is 0. The Bertz CT molecular complexity index is 246. The van der Waals surface area contributed by atoms with Gasteiger partial charge in [0, 0.05) is 5.41 Å². The minimum atomic E-state index is -1.89. The molecule has 0 saturated heterocycles. The summed E-state index contributed by atoms with van der Waals surface area (Å²) in [5, 5.41) is 19.9. The van der Waals surface area contributed by atoms with Crippen LogP contribution in [0.2, 0.25) is 0 Å². The number of carbonyl (C=O) groups excluding carboxylic acids is 2. The number of nitrogens with zero attached hydrogens (tertiary/aromatic N) is 2. The van der Waals surface area contributed by atoms with Crippen molar-refractivity contribution < 1.29 is 28.8 Å². The first-order valence-corrected chi connectivity index (χ1v) is 5.89. The van der Waals surface area contributed by atoms with Crippen molar-refractivity contribution in [1.82, 2.24) is 0 Å². The van der Waals surface area contributed by atoms with Gasteiger partial charge < -0.3 is 28.8 Å². The minimum Gasteiger partial charge on any atom is -0.549 e. The van der Waals surface area contributed by atoms with Gasteiger partial charge in [0.2, 0.25) is 0 Å². The molecular formula is C13H30N2O4. The van der Waals surface area contributed by atoms with Gasteiger partial charge in [-0.15, -0.1) is 0 Å². The van der Waals surface area contributed by atoms with Crippen LogP contribution < -0.4 is 10.2 Å². The Morgan fingerprint density at radius 1 is 0.684 bits per heavy atom. The van der Waals surface area contributed by atoms with Crippen molar-refractivity contribution in [3.63, 3.8) is 0 Å². The molecule has 6 heteroatoms. The van der Waals surface area contributed by atoms with Crippen LogP contribution in [0, 0.1) is 5.41 Å². The summed E-state index contributed by atoms with van der Waals surface area (Å²) in [6.07, 6.45) is 0. The summed E-state index contributed by atoms with van der Waals surface area (Å²) in [6.45, 7) is 2.02. The Balaban J connectivity index is -0.000000219. The minimum absolute atomic E-state index is 1.00. The topological polar surface area (TPSA) is 80.3 Å². The second-order valence-electron chi connectivity index (χ2n) is 7.57. The molecule has 6 nitrogen and oxygen atoms in total. The number of hydrogen-bond donors (Lipinski definition) is 0. The van der Waals surface area contributed by atoms with Crippen molar-refractivity contribution >= 4 is 11.9 Å². The molecule has 116 valence electrons. The Morgan fingerprint density at radius 2 is 0.789 bits per heavy atom. The lowest BCUT2D eigenvalue weighted by Crippen LogP contribution is -2.50. The molecule has 0 rings (SSSR count). The Labute approximate surface area is 117 Å². The first-order valence-electron chi connectivity index (χ1n) is 5.89. The van der Waals surface area contributed by atoms with E-state index in [1.165, 1.54) is 0 Å². The summed E-state index contributed by atoms with van der Waals surface area (Å²) in [5.74, 6) is -3.27. The van der Waals surface area contributed by atoms with Gasteiger partial charge in [0.25, 0.3) is 0 Å². The largest absolute Gasteiger partial charge is 0.549 e. The first-order chi connectivity index (χ1) is 7.89. The van der Waals surface area contributed by atoms with Crippen LogP contribution in [-0.4, -0.2) is 77.3 Å². The molecule has 0 aromatic heterocycles. The quantitative estimate of drug-likeness (QED) is 0.439. The van der Waals surface area contributed by atoms with Crippen molar-refractivity contribution in [2.45, 2.75) is 13.8 Å². The smallest absolute Gasteiger partial charge is 0.0675 e. The molecular weight excluding hydrogens is 248 g/mol. The molecule has 19 heavy (non-hydrogen) atoms. The summed E-state index contributed by atoms with van der Waals surface area (Å²) in [4.78, 5) is 19.9. The normalized spacial score (nSPS) is 11.5. The number of hydrogen-bond acceptors (Lipinski definition) is 4. The van der Waals surface area contributed by atoms with Crippen LogP contribution in [0.15, 0.2) is 0 Å². The number of carboxylic acids is 2. The number of rotatable bonds is 2. The van der Waals surface area contributed by atoms with Crippen LogP contribution in [0.3, 0.4) is 0 Å². The summed E-state index contributed by atoms with van der Waals surface area (Å²) in [7, 11) is 17.0. The maximum Gasteiger partial charge on any atom is 0.0675 e. The van der Waals surface area contributed by atoms with Crippen LogP contribution >= 0.6 is 0 Å². The van der Waals surface area contributed by atoms with E-state index < -0.39 is 17.4 Å². The average Bonchev–Trinajstić information content (AvgIpc) is 1.96. The average molecular weight is 278 g/mol. The zero-order valence-corrected chi connectivity index (χ0v) is 14.0. The molecule has 0 unspecified atom stereocenters. The Morgan fingerprint density at radius 3 is 0.789 bits per heavy atom.